The highest BCUT2D eigenvalue weighted by Crippen LogP contribution is 2.24. The van der Waals surface area contributed by atoms with E-state index in [1.54, 1.807) is 6.26 Å². The number of hydrogen-bond donors (Lipinski definition) is 19. The molecule has 16 amide bonds. The number of carboxylic acids is 2. The van der Waals surface area contributed by atoms with Gasteiger partial charge in [-0.25, -0.2) is 4.79 Å². The summed E-state index contributed by atoms with van der Waals surface area (Å²) in [5.41, 5.74) is 16.4. The van der Waals surface area contributed by atoms with Crippen molar-refractivity contribution in [2.24, 2.45) is 17.2 Å². The monoisotopic (exact) mass is 1460 g/mol. The van der Waals surface area contributed by atoms with Crippen LogP contribution in [0.4, 0.5) is 0 Å². The van der Waals surface area contributed by atoms with E-state index in [2.05, 4.69) is 53.2 Å². The Morgan fingerprint density at radius 3 is 1.38 bits per heavy atom. The summed E-state index contributed by atoms with van der Waals surface area (Å²) in [5, 5.41) is 83.9. The highest BCUT2D eigenvalue weighted by Gasteiger charge is 2.45. The van der Waals surface area contributed by atoms with Gasteiger partial charge in [-0.3, -0.25) is 81.5 Å². The van der Waals surface area contributed by atoms with E-state index in [4.69, 9.17) is 17.2 Å². The van der Waals surface area contributed by atoms with E-state index < -0.39 is 242 Å². The van der Waals surface area contributed by atoms with Crippen LogP contribution in [0.15, 0.2) is 0 Å². The molecular weight excluding hydrogens is 1360 g/mol. The molecular formula is C59H93N17O24S. The molecule has 4 rings (SSSR count). The molecule has 0 bridgehead atoms. The molecule has 22 N–H and O–H groups in total. The van der Waals surface area contributed by atoms with Crippen molar-refractivity contribution in [1.82, 2.24) is 72.8 Å². The van der Waals surface area contributed by atoms with Gasteiger partial charge in [-0.1, -0.05) is 0 Å². The van der Waals surface area contributed by atoms with Crippen LogP contribution in [0.1, 0.15) is 105 Å². The second-order valence-electron chi connectivity index (χ2n) is 24.8. The first-order chi connectivity index (χ1) is 47.5. The number of rotatable bonds is 38. The third kappa shape index (κ3) is 24.2. The number of aliphatic hydroxyl groups excluding tert-OH is 4. The SMILES string of the molecule is CSCC[C@H](NC(=O)[C@H](CO)NC(=O)[C@H](CO)NC(=O)[C@@H]1CCCN1C(=O)[C@@H](N)CC(N)=O)C(=O)N[C@H](C(=O)N[C@@H](CC(=O)O)C(=O)N[C@H](C(=O)N1CCC[C@H]1C(=O)NCC(=O)N[C@@H](CC(N)=O)C(=O)N1CCC[C@H]1C(=O)N[C@@H](C)C(=O)N[C@@H](C)C(=O)N1CCC[C@H]1C(=O)O)[C@@H](C)O)[C@@H](C)O. The van der Waals surface area contributed by atoms with Crippen molar-refractivity contribution in [3.05, 3.63) is 0 Å². The zero-order valence-electron chi connectivity index (χ0n) is 56.3. The van der Waals surface area contributed by atoms with Gasteiger partial charge < -0.3 is 121 Å². The van der Waals surface area contributed by atoms with Gasteiger partial charge in [0.25, 0.3) is 0 Å². The van der Waals surface area contributed by atoms with E-state index >= 15 is 0 Å². The molecule has 41 nitrogen and oxygen atoms in total. The summed E-state index contributed by atoms with van der Waals surface area (Å²) in [5.74, 6) is -19.1. The largest absolute Gasteiger partial charge is 0.481 e. The fourth-order valence-corrected chi connectivity index (χ4v) is 12.2. The molecule has 0 saturated carbocycles. The average Bonchev–Trinajstić information content (AvgIpc) is 1.83. The highest BCUT2D eigenvalue weighted by molar-refractivity contribution is 7.98. The van der Waals surface area contributed by atoms with E-state index in [0.29, 0.717) is 12.8 Å². The van der Waals surface area contributed by atoms with E-state index in [1.807, 2.05) is 0 Å². The van der Waals surface area contributed by atoms with Crippen LogP contribution >= 0.6 is 11.8 Å². The average molecular weight is 1460 g/mol. The van der Waals surface area contributed by atoms with Crippen molar-refractivity contribution in [3.63, 3.8) is 0 Å². The zero-order valence-corrected chi connectivity index (χ0v) is 57.2. The quantitative estimate of drug-likeness (QED) is 0.0273. The Balaban J connectivity index is 1.37. The van der Waals surface area contributed by atoms with Crippen LogP contribution in [-0.2, 0) is 86.3 Å². The molecule has 0 spiro atoms. The number of aliphatic carboxylic acids is 2. The molecule has 4 fully saturated rings. The van der Waals surface area contributed by atoms with Gasteiger partial charge in [0.2, 0.25) is 94.5 Å². The van der Waals surface area contributed by atoms with Crippen molar-refractivity contribution in [1.29, 1.82) is 0 Å². The Morgan fingerprint density at radius 1 is 0.446 bits per heavy atom. The number of carbonyl (C=O) groups excluding carboxylic acids is 16. The van der Waals surface area contributed by atoms with Gasteiger partial charge in [-0.05, 0) is 97.5 Å². The fraction of sp³-hybridized carbons (Fsp3) is 0.695. The van der Waals surface area contributed by atoms with E-state index in [-0.39, 0.29) is 76.9 Å². The van der Waals surface area contributed by atoms with E-state index in [0.717, 1.165) is 33.4 Å². The third-order valence-electron chi connectivity index (χ3n) is 17.0. The topological polar surface area (TPSA) is 640 Å². The molecule has 0 aromatic rings. The van der Waals surface area contributed by atoms with Crippen LogP contribution in [0.3, 0.4) is 0 Å². The lowest BCUT2D eigenvalue weighted by molar-refractivity contribution is -0.149. The molecule has 564 valence electrons. The van der Waals surface area contributed by atoms with Crippen molar-refractivity contribution in [2.45, 2.75) is 202 Å². The lowest BCUT2D eigenvalue weighted by Crippen LogP contribution is -2.63. The van der Waals surface area contributed by atoms with Crippen molar-refractivity contribution < 1.29 is 117 Å². The number of nitrogens with zero attached hydrogens (tertiary/aromatic N) is 4. The number of primary amides is 2. The Morgan fingerprint density at radius 2 is 0.881 bits per heavy atom. The number of carboxylic acid groups (broad SMARTS) is 2. The number of thioether (sulfide) groups is 1. The van der Waals surface area contributed by atoms with Gasteiger partial charge in [-0.2, -0.15) is 11.8 Å². The maximum Gasteiger partial charge on any atom is 0.326 e. The Kier molecular flexibility index (Phi) is 32.9. The number of carbonyl (C=O) groups is 18. The second kappa shape index (κ2) is 39.6. The van der Waals surface area contributed by atoms with Crippen LogP contribution in [0.2, 0.25) is 0 Å². The molecule has 0 aromatic carbocycles. The van der Waals surface area contributed by atoms with E-state index in [1.165, 1.54) is 25.6 Å². The molecule has 16 atom stereocenters. The predicted molar refractivity (Wildman–Crippen MR) is 347 cm³/mol. The van der Waals surface area contributed by atoms with E-state index in [9.17, 15) is 117 Å². The number of likely N-dealkylation sites (tertiary alicyclic amines) is 4. The lowest BCUT2D eigenvalue weighted by Gasteiger charge is -2.31. The number of aliphatic hydroxyl groups is 4. The summed E-state index contributed by atoms with van der Waals surface area (Å²) < 4.78 is 0. The number of nitrogens with one attached hydrogen (secondary N) is 10. The van der Waals surface area contributed by atoms with Gasteiger partial charge in [-0.15, -0.1) is 0 Å². The summed E-state index contributed by atoms with van der Waals surface area (Å²) in [6, 6.07) is -21.8. The Hall–Kier alpha value is -9.39. The van der Waals surface area contributed by atoms with Gasteiger partial charge >= 0.3 is 11.9 Å². The highest BCUT2D eigenvalue weighted by atomic mass is 32.2. The molecule has 4 saturated heterocycles. The standard InChI is InChI=1S/C59H93N17O24S/c1-26(46(86)65-27(2)55(95)76-18-9-13-39(76)59(99)100)64-52(92)37-11-8-16-74(37)57(97)33(21-41(62)82)66-42(83)23-63-51(91)36-10-6-17-75(36)58(98)45(29(4)80)72-48(88)32(22-43(84)85)68-54(94)44(28(3)79)71-47(87)31(14-19-101-5)67-49(89)34(24-77)69-50(90)35(25-78)70-53(93)38-12-7-15-73(38)56(96)30(60)20-40(61)81/h26-39,44-45,77-80H,6-25,60H2,1-5H3,(H2,61,81)(H2,62,82)(H,63,91)(H,64,92)(H,65,86)(H,66,83)(H,67,89)(H,68,94)(H,69,90)(H,70,93)(H,71,87)(H,72,88)(H,84,85)(H,99,100)/t26-,27-,28+,29+,30-,31-,32-,33-,34-,35-,36-,37-,38-,39-,44-,45-/m0/s1. The van der Waals surface area contributed by atoms with Crippen molar-refractivity contribution >= 4 is 118 Å². The summed E-state index contributed by atoms with van der Waals surface area (Å²) in [6.45, 7) is 1.65. The molecule has 4 aliphatic heterocycles. The summed E-state index contributed by atoms with van der Waals surface area (Å²) >= 11 is 1.18. The maximum absolute atomic E-state index is 14.2. The van der Waals surface area contributed by atoms with Gasteiger partial charge in [0.1, 0.15) is 78.5 Å². The fourth-order valence-electron chi connectivity index (χ4n) is 11.7. The Labute approximate surface area is 582 Å². The number of amides is 16. The predicted octanol–water partition coefficient (Wildman–Crippen LogP) is -11.4. The van der Waals surface area contributed by atoms with Crippen LogP contribution < -0.4 is 70.4 Å². The Bertz CT molecular complexity index is 3110. The smallest absolute Gasteiger partial charge is 0.326 e. The summed E-state index contributed by atoms with van der Waals surface area (Å²) in [6.07, 6.45) is -3.20. The molecule has 0 aliphatic carbocycles. The first-order valence-electron chi connectivity index (χ1n) is 32.5. The molecule has 4 heterocycles. The number of hydrogen-bond acceptors (Lipinski definition) is 24. The maximum atomic E-state index is 14.2. The minimum absolute atomic E-state index is 0.0487. The van der Waals surface area contributed by atoms with Gasteiger partial charge in [0, 0.05) is 26.2 Å². The molecule has 0 unspecified atom stereocenters. The molecule has 42 heteroatoms. The molecule has 101 heavy (non-hydrogen) atoms. The van der Waals surface area contributed by atoms with Crippen molar-refractivity contribution in [3.8, 4) is 0 Å². The third-order valence-corrected chi connectivity index (χ3v) is 17.7. The molecule has 4 aliphatic rings. The van der Waals surface area contributed by atoms with Crippen molar-refractivity contribution in [2.75, 3.05) is 57.9 Å². The first-order valence-corrected chi connectivity index (χ1v) is 33.9. The van der Waals surface area contributed by atoms with Gasteiger partial charge in [0.05, 0.1) is 57.3 Å². The lowest BCUT2D eigenvalue weighted by atomic mass is 10.1. The van der Waals surface area contributed by atoms with Gasteiger partial charge in [0.15, 0.2) is 0 Å². The van der Waals surface area contributed by atoms with Crippen LogP contribution in [0.5, 0.6) is 0 Å². The number of nitrogens with two attached hydrogens (primary N) is 3. The minimum atomic E-state index is -2.13. The minimum Gasteiger partial charge on any atom is -0.481 e. The van der Waals surface area contributed by atoms with Crippen LogP contribution in [0.25, 0.3) is 0 Å². The second-order valence-corrected chi connectivity index (χ2v) is 25.8. The summed E-state index contributed by atoms with van der Waals surface area (Å²) in [4.78, 5) is 241. The molecule has 0 aromatic heterocycles. The summed E-state index contributed by atoms with van der Waals surface area (Å²) in [7, 11) is 0. The van der Waals surface area contributed by atoms with Crippen LogP contribution in [-0.4, -0.2) is 311 Å². The first kappa shape index (κ1) is 84.0. The zero-order chi connectivity index (χ0) is 75.9. The van der Waals surface area contributed by atoms with Crippen LogP contribution in [0, 0.1) is 0 Å². The molecule has 0 radical (unpaired) electrons. The normalized spacial score (nSPS) is 20.8.